The zero-order valence-electron chi connectivity index (χ0n) is 14.7. The Kier molecular flexibility index (Phi) is 5.07. The summed E-state index contributed by atoms with van der Waals surface area (Å²) in [5.41, 5.74) is 3.21. The molecule has 5 heteroatoms. The van der Waals surface area contributed by atoms with Gasteiger partial charge in [0.25, 0.3) is 0 Å². The lowest BCUT2D eigenvalue weighted by Crippen LogP contribution is -2.49. The molecule has 2 aliphatic rings. The number of carbonyl (C=O) groups excluding carboxylic acids is 2. The molecule has 0 bridgehead atoms. The number of hydrogen-bond donors (Lipinski definition) is 1. The molecule has 2 saturated heterocycles. The number of nitrogens with zero attached hydrogens (tertiary/aromatic N) is 2. The number of rotatable bonds is 4. The highest BCUT2D eigenvalue weighted by Crippen LogP contribution is 2.30. The topological polar surface area (TPSA) is 52.6 Å². The number of urea groups is 1. The average molecular weight is 329 g/mol. The van der Waals surface area contributed by atoms with Crippen LogP contribution >= 0.6 is 0 Å². The molecule has 2 heterocycles. The molecule has 0 radical (unpaired) electrons. The molecule has 0 atom stereocenters. The number of carbonyl (C=O) groups is 2. The minimum atomic E-state index is -0.317. The first-order valence-electron chi connectivity index (χ1n) is 9.05. The summed E-state index contributed by atoms with van der Waals surface area (Å²) in [4.78, 5) is 27.4. The van der Waals surface area contributed by atoms with E-state index in [-0.39, 0.29) is 11.9 Å². The summed E-state index contributed by atoms with van der Waals surface area (Å²) in [6.07, 6.45) is 5.52. The summed E-state index contributed by atoms with van der Waals surface area (Å²) >= 11 is 0. The van der Waals surface area contributed by atoms with Crippen molar-refractivity contribution in [3.05, 3.63) is 23.8 Å². The molecule has 1 aromatic rings. The van der Waals surface area contributed by atoms with Gasteiger partial charge in [0.15, 0.2) is 0 Å². The largest absolute Gasteiger partial charge is 0.372 e. The van der Waals surface area contributed by atoms with Gasteiger partial charge in [-0.15, -0.1) is 0 Å². The van der Waals surface area contributed by atoms with Crippen LogP contribution in [-0.4, -0.2) is 31.6 Å². The molecular formula is C19H27N3O2. The second kappa shape index (κ2) is 7.24. The summed E-state index contributed by atoms with van der Waals surface area (Å²) in [6.45, 7) is 6.97. The second-order valence-electron chi connectivity index (χ2n) is 6.94. The Labute approximate surface area is 144 Å². The first-order chi connectivity index (χ1) is 11.6. The minimum absolute atomic E-state index is 0.194. The van der Waals surface area contributed by atoms with E-state index in [1.807, 2.05) is 13.0 Å². The Bertz CT molecular complexity index is 621. The van der Waals surface area contributed by atoms with E-state index in [1.54, 1.807) is 4.90 Å². The highest BCUT2D eigenvalue weighted by Gasteiger charge is 2.26. The van der Waals surface area contributed by atoms with Gasteiger partial charge in [-0.05, 0) is 49.4 Å². The van der Waals surface area contributed by atoms with Crippen molar-refractivity contribution in [2.24, 2.45) is 5.92 Å². The highest BCUT2D eigenvalue weighted by molar-refractivity contribution is 6.06. The van der Waals surface area contributed by atoms with Gasteiger partial charge in [-0.2, -0.15) is 0 Å². The van der Waals surface area contributed by atoms with Crippen LogP contribution in [0.25, 0.3) is 0 Å². The number of hydrogen-bond acceptors (Lipinski definition) is 3. The van der Waals surface area contributed by atoms with Gasteiger partial charge in [0, 0.05) is 37.4 Å². The van der Waals surface area contributed by atoms with Crippen LogP contribution in [0.1, 0.15) is 44.6 Å². The van der Waals surface area contributed by atoms with E-state index >= 15 is 0 Å². The van der Waals surface area contributed by atoms with Gasteiger partial charge in [-0.25, -0.2) is 4.79 Å². The monoisotopic (exact) mass is 329 g/mol. The smallest absolute Gasteiger partial charge is 0.328 e. The minimum Gasteiger partial charge on any atom is -0.372 e. The Balaban J connectivity index is 1.69. The number of imide groups is 1. The maximum absolute atomic E-state index is 12.0. The summed E-state index contributed by atoms with van der Waals surface area (Å²) in [5, 5.41) is 2.39. The Hall–Kier alpha value is -2.04. The van der Waals surface area contributed by atoms with E-state index in [2.05, 4.69) is 29.3 Å². The van der Waals surface area contributed by atoms with Crippen LogP contribution in [0, 0.1) is 12.8 Å². The van der Waals surface area contributed by atoms with Crippen LogP contribution in [-0.2, 0) is 4.79 Å². The predicted octanol–water partition coefficient (Wildman–Crippen LogP) is 3.46. The lowest BCUT2D eigenvalue weighted by molar-refractivity contribution is -0.120. The molecule has 5 nitrogen and oxygen atoms in total. The lowest BCUT2D eigenvalue weighted by atomic mass is 9.92. The molecule has 2 aliphatic heterocycles. The number of piperidine rings is 1. The first kappa shape index (κ1) is 16.8. The summed E-state index contributed by atoms with van der Waals surface area (Å²) in [7, 11) is 0. The maximum Gasteiger partial charge on any atom is 0.328 e. The van der Waals surface area contributed by atoms with Crippen molar-refractivity contribution in [2.75, 3.05) is 29.4 Å². The molecule has 24 heavy (non-hydrogen) atoms. The number of aryl methyl sites for hydroxylation is 1. The molecule has 1 N–H and O–H groups in total. The van der Waals surface area contributed by atoms with E-state index in [9.17, 15) is 9.59 Å². The predicted molar refractivity (Wildman–Crippen MR) is 96.5 cm³/mol. The van der Waals surface area contributed by atoms with E-state index in [4.69, 9.17) is 0 Å². The molecule has 0 spiro atoms. The molecule has 2 fully saturated rings. The lowest BCUT2D eigenvalue weighted by Gasteiger charge is -2.34. The Morgan fingerprint density at radius 2 is 1.92 bits per heavy atom. The van der Waals surface area contributed by atoms with Crippen molar-refractivity contribution in [1.82, 2.24) is 5.32 Å². The van der Waals surface area contributed by atoms with E-state index in [1.165, 1.54) is 31.4 Å². The number of benzene rings is 1. The fourth-order valence-electron chi connectivity index (χ4n) is 3.82. The van der Waals surface area contributed by atoms with Crippen molar-refractivity contribution in [3.8, 4) is 0 Å². The first-order valence-corrected chi connectivity index (χ1v) is 9.05. The fourth-order valence-corrected chi connectivity index (χ4v) is 3.82. The number of amides is 3. The van der Waals surface area contributed by atoms with Crippen LogP contribution in [0.4, 0.5) is 16.2 Å². The molecule has 0 unspecified atom stereocenters. The van der Waals surface area contributed by atoms with Gasteiger partial charge >= 0.3 is 6.03 Å². The van der Waals surface area contributed by atoms with E-state index in [0.717, 1.165) is 30.3 Å². The molecule has 0 saturated carbocycles. The zero-order valence-corrected chi connectivity index (χ0v) is 14.7. The molecule has 1 aromatic carbocycles. The summed E-state index contributed by atoms with van der Waals surface area (Å²) in [6, 6.07) is 5.96. The zero-order chi connectivity index (χ0) is 17.1. The van der Waals surface area contributed by atoms with Crippen molar-refractivity contribution >= 4 is 23.3 Å². The van der Waals surface area contributed by atoms with Gasteiger partial charge in [0.2, 0.25) is 5.91 Å². The molecular weight excluding hydrogens is 302 g/mol. The molecule has 3 amide bonds. The third-order valence-electron chi connectivity index (χ3n) is 5.20. The van der Waals surface area contributed by atoms with Crippen LogP contribution < -0.4 is 15.1 Å². The van der Waals surface area contributed by atoms with Crippen LogP contribution in [0.5, 0.6) is 0 Å². The fraction of sp³-hybridized carbons (Fsp3) is 0.579. The van der Waals surface area contributed by atoms with E-state index in [0.29, 0.717) is 13.0 Å². The van der Waals surface area contributed by atoms with Gasteiger partial charge in [-0.1, -0.05) is 19.8 Å². The molecule has 0 aliphatic carbocycles. The number of nitrogens with one attached hydrogen (secondary N) is 1. The van der Waals surface area contributed by atoms with Gasteiger partial charge in [0.1, 0.15) is 0 Å². The quantitative estimate of drug-likeness (QED) is 0.920. The van der Waals surface area contributed by atoms with E-state index < -0.39 is 0 Å². The Morgan fingerprint density at radius 1 is 1.17 bits per heavy atom. The number of anilines is 2. The molecule has 3 rings (SSSR count). The van der Waals surface area contributed by atoms with Crippen molar-refractivity contribution in [3.63, 3.8) is 0 Å². The third kappa shape index (κ3) is 3.55. The second-order valence-corrected chi connectivity index (χ2v) is 6.94. The van der Waals surface area contributed by atoms with Crippen LogP contribution in [0.2, 0.25) is 0 Å². The van der Waals surface area contributed by atoms with Crippen LogP contribution in [0.3, 0.4) is 0 Å². The van der Waals surface area contributed by atoms with Gasteiger partial charge in [0.05, 0.1) is 0 Å². The standard InChI is InChI=1S/C19H27N3O2/c1-3-4-15-7-10-21(11-8-15)16-5-6-17(14(2)13-16)22-12-9-18(23)20-19(22)24/h5-6,13,15H,3-4,7-12H2,1-2H3,(H,20,23,24). The summed E-state index contributed by atoms with van der Waals surface area (Å²) < 4.78 is 0. The molecule has 0 aromatic heterocycles. The van der Waals surface area contributed by atoms with Crippen molar-refractivity contribution in [1.29, 1.82) is 0 Å². The SMILES string of the molecule is CCCC1CCN(c2ccc(N3CCC(=O)NC3=O)c(C)c2)CC1. The summed E-state index contributed by atoms with van der Waals surface area (Å²) in [5.74, 6) is 0.682. The highest BCUT2D eigenvalue weighted by atomic mass is 16.2. The van der Waals surface area contributed by atoms with Crippen LogP contribution in [0.15, 0.2) is 18.2 Å². The normalized spacial score (nSPS) is 19.6. The molecule has 130 valence electrons. The third-order valence-corrected chi connectivity index (χ3v) is 5.20. The average Bonchev–Trinajstić information content (AvgIpc) is 2.56. The van der Waals surface area contributed by atoms with Gasteiger partial charge < -0.3 is 4.90 Å². The van der Waals surface area contributed by atoms with Gasteiger partial charge in [-0.3, -0.25) is 15.0 Å². The maximum atomic E-state index is 12.0. The van der Waals surface area contributed by atoms with Crippen molar-refractivity contribution in [2.45, 2.75) is 46.0 Å². The Morgan fingerprint density at radius 3 is 2.54 bits per heavy atom. The van der Waals surface area contributed by atoms with Crippen molar-refractivity contribution < 1.29 is 9.59 Å².